The van der Waals surface area contributed by atoms with Gasteiger partial charge >= 0.3 is 0 Å². The zero-order valence-corrected chi connectivity index (χ0v) is 9.16. The van der Waals surface area contributed by atoms with Gasteiger partial charge < -0.3 is 9.40 Å². The van der Waals surface area contributed by atoms with Gasteiger partial charge in [0.1, 0.15) is 0 Å². The Hall–Kier alpha value is -0.466. The van der Waals surface area contributed by atoms with Crippen LogP contribution < -0.4 is 0 Å². The van der Waals surface area contributed by atoms with Gasteiger partial charge in [-0.2, -0.15) is 17.7 Å². The van der Waals surface area contributed by atoms with Crippen LogP contribution in [0.5, 0.6) is 0 Å². The third-order valence-electron chi connectivity index (χ3n) is 1.32. The fraction of sp³-hybridized carbons (Fsp3) is 0. The van der Waals surface area contributed by atoms with Crippen molar-refractivity contribution in [1.29, 1.82) is 0 Å². The third kappa shape index (κ3) is 2.02. The minimum atomic E-state index is 0. The van der Waals surface area contributed by atoms with E-state index in [1.165, 1.54) is 0 Å². The number of aromatic nitrogens is 1. The Morgan fingerprint density at radius 1 is 1.42 bits per heavy atom. The van der Waals surface area contributed by atoms with Crippen molar-refractivity contribution in [2.45, 2.75) is 0 Å². The monoisotopic (exact) mass is 232 g/mol. The van der Waals surface area contributed by atoms with Gasteiger partial charge in [-0.05, 0) is 6.26 Å². The molecular weight excluding hydrogens is 227 g/mol. The van der Waals surface area contributed by atoms with Crippen LogP contribution >= 0.6 is 0 Å². The van der Waals surface area contributed by atoms with Crippen molar-refractivity contribution in [2.24, 2.45) is 0 Å². The number of hydrogen-bond acceptors (Lipinski definition) is 2. The first-order chi connectivity index (χ1) is 5.47. The quantitative estimate of drug-likeness (QED) is 0.702. The molecular formula is C9H5NOY-2. The molecule has 2 aromatic heterocycles. The van der Waals surface area contributed by atoms with E-state index < -0.39 is 0 Å². The molecule has 2 aromatic rings. The van der Waals surface area contributed by atoms with E-state index in [2.05, 4.69) is 17.2 Å². The summed E-state index contributed by atoms with van der Waals surface area (Å²) in [6.45, 7) is 0. The normalized spacial score (nSPS) is 9.00. The Kier molecular flexibility index (Phi) is 3.63. The zero-order valence-electron chi connectivity index (χ0n) is 6.32. The predicted octanol–water partition coefficient (Wildman–Crippen LogP) is 1.94. The minimum Gasteiger partial charge on any atom is -0.590 e. The van der Waals surface area contributed by atoms with Gasteiger partial charge in [0, 0.05) is 32.7 Å². The molecule has 2 nitrogen and oxygen atoms in total. The zero-order chi connectivity index (χ0) is 7.52. The molecule has 0 saturated heterocycles. The minimum absolute atomic E-state index is 0. The van der Waals surface area contributed by atoms with Gasteiger partial charge in [-0.3, -0.25) is 0 Å². The van der Waals surface area contributed by atoms with Crippen molar-refractivity contribution >= 4 is 0 Å². The van der Waals surface area contributed by atoms with Crippen LogP contribution in [0.2, 0.25) is 0 Å². The first-order valence-electron chi connectivity index (χ1n) is 3.25. The molecule has 0 unspecified atom stereocenters. The summed E-state index contributed by atoms with van der Waals surface area (Å²) in [5, 5.41) is 0. The van der Waals surface area contributed by atoms with Crippen LogP contribution in [0.15, 0.2) is 35.1 Å². The van der Waals surface area contributed by atoms with Crippen LogP contribution in [-0.4, -0.2) is 4.98 Å². The van der Waals surface area contributed by atoms with E-state index >= 15 is 0 Å². The molecule has 0 saturated carbocycles. The van der Waals surface area contributed by atoms with Gasteiger partial charge in [-0.15, -0.1) is 18.3 Å². The smallest absolute Gasteiger partial charge is 0 e. The van der Waals surface area contributed by atoms with Crippen molar-refractivity contribution in [1.82, 2.24) is 4.98 Å². The van der Waals surface area contributed by atoms with Crippen molar-refractivity contribution in [3.05, 3.63) is 42.9 Å². The van der Waals surface area contributed by atoms with Gasteiger partial charge in [-0.25, -0.2) is 0 Å². The number of pyridine rings is 1. The summed E-state index contributed by atoms with van der Waals surface area (Å²) < 4.78 is 5.09. The van der Waals surface area contributed by atoms with Gasteiger partial charge in [-0.1, -0.05) is 12.0 Å². The van der Waals surface area contributed by atoms with Crippen molar-refractivity contribution in [2.75, 3.05) is 0 Å². The van der Waals surface area contributed by atoms with E-state index in [-0.39, 0.29) is 32.7 Å². The second kappa shape index (κ2) is 4.53. The fourth-order valence-corrected chi connectivity index (χ4v) is 0.840. The van der Waals surface area contributed by atoms with E-state index in [9.17, 15) is 0 Å². The van der Waals surface area contributed by atoms with Gasteiger partial charge in [0.15, 0.2) is 0 Å². The molecule has 0 aliphatic heterocycles. The summed E-state index contributed by atoms with van der Waals surface area (Å²) in [6, 6.07) is 8.35. The number of nitrogens with zero attached hydrogens (tertiary/aromatic N) is 1. The first-order valence-corrected chi connectivity index (χ1v) is 3.25. The Morgan fingerprint density at radius 3 is 2.92 bits per heavy atom. The molecule has 0 fully saturated rings. The molecule has 0 spiro atoms. The molecule has 2 heterocycles. The van der Waals surface area contributed by atoms with Crippen LogP contribution in [0.3, 0.4) is 0 Å². The van der Waals surface area contributed by atoms with E-state index in [4.69, 9.17) is 4.42 Å². The number of hydrogen-bond donors (Lipinski definition) is 0. The van der Waals surface area contributed by atoms with E-state index in [0.29, 0.717) is 5.76 Å². The summed E-state index contributed by atoms with van der Waals surface area (Å²) >= 11 is 0. The third-order valence-corrected chi connectivity index (χ3v) is 1.32. The molecule has 0 aliphatic carbocycles. The molecule has 57 valence electrons. The maximum Gasteiger partial charge on any atom is 0 e. The van der Waals surface area contributed by atoms with Gasteiger partial charge in [0.2, 0.25) is 0 Å². The summed E-state index contributed by atoms with van der Waals surface area (Å²) in [6.07, 6.45) is 6.05. The molecule has 0 aromatic carbocycles. The summed E-state index contributed by atoms with van der Waals surface area (Å²) in [4.78, 5) is 3.84. The number of rotatable bonds is 1. The van der Waals surface area contributed by atoms with Crippen molar-refractivity contribution in [3.8, 4) is 11.3 Å². The maximum atomic E-state index is 5.09. The van der Waals surface area contributed by atoms with Crippen LogP contribution in [0, 0.1) is 12.3 Å². The summed E-state index contributed by atoms with van der Waals surface area (Å²) in [5.41, 5.74) is 0.831. The van der Waals surface area contributed by atoms with Crippen LogP contribution in [0.4, 0.5) is 0 Å². The predicted molar refractivity (Wildman–Crippen MR) is 39.6 cm³/mol. The molecule has 12 heavy (non-hydrogen) atoms. The maximum absolute atomic E-state index is 5.09. The average Bonchev–Trinajstić information content (AvgIpc) is 2.58. The first kappa shape index (κ1) is 9.62. The molecule has 0 amide bonds. The average molecular weight is 232 g/mol. The molecule has 0 atom stereocenters. The molecule has 2 rings (SSSR count). The largest absolute Gasteiger partial charge is 0.590 e. The molecule has 0 aliphatic rings. The standard InChI is InChI=1S/C9H5NO.Y/c1-3-8(7-10-5-1)9-4-2-6-11-9;/h1-3,5-6H;/q-2;. The molecule has 3 heteroatoms. The Bertz CT molecular complexity index is 318. The second-order valence-electron chi connectivity index (χ2n) is 2.06. The van der Waals surface area contributed by atoms with E-state index in [1.807, 2.05) is 12.1 Å². The van der Waals surface area contributed by atoms with E-state index in [0.717, 1.165) is 5.56 Å². The second-order valence-corrected chi connectivity index (χ2v) is 2.06. The van der Waals surface area contributed by atoms with Crippen LogP contribution in [-0.2, 0) is 32.7 Å². The SMILES string of the molecule is [Y].[c-]1ncccc1-c1[c-]cco1. The van der Waals surface area contributed by atoms with E-state index in [1.54, 1.807) is 18.5 Å². The molecule has 1 radical (unpaired) electrons. The number of furan rings is 1. The Labute approximate surface area is 95.9 Å². The van der Waals surface area contributed by atoms with Crippen LogP contribution in [0.25, 0.3) is 11.3 Å². The van der Waals surface area contributed by atoms with Crippen molar-refractivity contribution < 1.29 is 37.1 Å². The summed E-state index contributed by atoms with van der Waals surface area (Å²) in [5.74, 6) is 0.679. The summed E-state index contributed by atoms with van der Waals surface area (Å²) in [7, 11) is 0. The Morgan fingerprint density at radius 2 is 2.33 bits per heavy atom. The topological polar surface area (TPSA) is 26.0 Å². The van der Waals surface area contributed by atoms with Gasteiger partial charge in [0.05, 0.1) is 0 Å². The van der Waals surface area contributed by atoms with Crippen molar-refractivity contribution in [3.63, 3.8) is 0 Å². The molecule has 0 N–H and O–H groups in total. The van der Waals surface area contributed by atoms with Crippen LogP contribution in [0.1, 0.15) is 0 Å². The van der Waals surface area contributed by atoms with Gasteiger partial charge in [0.25, 0.3) is 0 Å². The Balaban J connectivity index is 0.000000720. The molecule has 0 bridgehead atoms. The fourth-order valence-electron chi connectivity index (χ4n) is 0.840.